The molecule has 0 fully saturated rings. The number of H-pyrrole nitrogens is 2. The van der Waals surface area contributed by atoms with Crippen LogP contribution in [0.3, 0.4) is 0 Å². The minimum Gasteiger partial charge on any atom is -0.376 e. The summed E-state index contributed by atoms with van der Waals surface area (Å²) in [5.41, 5.74) is 7.06. The van der Waals surface area contributed by atoms with Crippen LogP contribution in [0.15, 0.2) is 54.9 Å². The molecule has 27 heavy (non-hydrogen) atoms. The highest BCUT2D eigenvalue weighted by molar-refractivity contribution is 5.91. The molecule has 0 radical (unpaired) electrons. The maximum Gasteiger partial charge on any atom is 0.161 e. The molecule has 0 saturated carbocycles. The van der Waals surface area contributed by atoms with E-state index >= 15 is 0 Å². The van der Waals surface area contributed by atoms with Crippen LogP contribution in [-0.4, -0.2) is 44.2 Å². The van der Waals surface area contributed by atoms with Crippen LogP contribution in [0.2, 0.25) is 0 Å². The molecule has 0 aliphatic carbocycles. The second-order valence-corrected chi connectivity index (χ2v) is 6.59. The molecule has 0 aliphatic rings. The Morgan fingerprint density at radius 1 is 0.926 bits per heavy atom. The molecule has 0 unspecified atom stereocenters. The molecular formula is C20H17N7. The molecule has 0 saturated heterocycles. The fourth-order valence-corrected chi connectivity index (χ4v) is 3.10. The highest BCUT2D eigenvalue weighted by Crippen LogP contribution is 2.28. The van der Waals surface area contributed by atoms with Crippen LogP contribution in [-0.2, 0) is 0 Å². The number of anilines is 1. The first kappa shape index (κ1) is 15.5. The predicted octanol–water partition coefficient (Wildman–Crippen LogP) is 3.63. The highest BCUT2D eigenvalue weighted by Gasteiger charge is 2.15. The van der Waals surface area contributed by atoms with Crippen molar-refractivity contribution in [2.75, 3.05) is 19.0 Å². The highest BCUT2D eigenvalue weighted by atomic mass is 15.1. The molecule has 5 aromatic rings. The number of fused-ring (bicyclic) bond motifs is 2. The summed E-state index contributed by atoms with van der Waals surface area (Å²) in [6.07, 6.45) is 3.65. The largest absolute Gasteiger partial charge is 0.376 e. The Morgan fingerprint density at radius 2 is 1.81 bits per heavy atom. The van der Waals surface area contributed by atoms with E-state index in [0.717, 1.165) is 39.0 Å². The van der Waals surface area contributed by atoms with Gasteiger partial charge in [-0.3, -0.25) is 10.1 Å². The Balaban J connectivity index is 1.65. The van der Waals surface area contributed by atoms with Gasteiger partial charge in [0.1, 0.15) is 5.52 Å². The van der Waals surface area contributed by atoms with E-state index in [2.05, 4.69) is 31.2 Å². The zero-order valence-corrected chi connectivity index (χ0v) is 14.9. The lowest BCUT2D eigenvalue weighted by atomic mass is 10.1. The Morgan fingerprint density at radius 3 is 2.67 bits per heavy atom. The van der Waals surface area contributed by atoms with Crippen LogP contribution in [0.1, 0.15) is 0 Å². The van der Waals surface area contributed by atoms with Gasteiger partial charge in [0.25, 0.3) is 0 Å². The van der Waals surface area contributed by atoms with Crippen molar-refractivity contribution in [3.05, 3.63) is 54.9 Å². The summed E-state index contributed by atoms with van der Waals surface area (Å²) in [4.78, 5) is 19.2. The average Bonchev–Trinajstić information content (AvgIpc) is 3.31. The van der Waals surface area contributed by atoms with E-state index in [0.29, 0.717) is 11.5 Å². The molecule has 4 heterocycles. The van der Waals surface area contributed by atoms with Crippen LogP contribution in [0, 0.1) is 0 Å². The van der Waals surface area contributed by atoms with Crippen LogP contribution in [0.4, 0.5) is 5.69 Å². The number of aromatic amines is 2. The molecular weight excluding hydrogens is 338 g/mol. The van der Waals surface area contributed by atoms with Crippen molar-refractivity contribution < 1.29 is 0 Å². The van der Waals surface area contributed by atoms with Gasteiger partial charge in [0.15, 0.2) is 11.5 Å². The summed E-state index contributed by atoms with van der Waals surface area (Å²) in [6.45, 7) is 0. The monoisotopic (exact) mass is 355 g/mol. The number of nitrogens with zero attached hydrogens (tertiary/aromatic N) is 5. The summed E-state index contributed by atoms with van der Waals surface area (Å²) in [5.74, 6) is 0.701. The Hall–Kier alpha value is -3.74. The average molecular weight is 355 g/mol. The summed E-state index contributed by atoms with van der Waals surface area (Å²) >= 11 is 0. The lowest BCUT2D eigenvalue weighted by Crippen LogP contribution is -2.08. The van der Waals surface area contributed by atoms with E-state index in [1.165, 1.54) is 0 Å². The summed E-state index contributed by atoms with van der Waals surface area (Å²) < 4.78 is 0. The van der Waals surface area contributed by atoms with E-state index in [1.54, 1.807) is 0 Å². The van der Waals surface area contributed by atoms with Crippen LogP contribution < -0.4 is 4.90 Å². The number of hydrogen-bond donors (Lipinski definition) is 2. The molecule has 5 rings (SSSR count). The number of pyridine rings is 2. The van der Waals surface area contributed by atoms with Crippen molar-refractivity contribution in [1.29, 1.82) is 0 Å². The maximum absolute atomic E-state index is 4.84. The smallest absolute Gasteiger partial charge is 0.161 e. The standard InChI is InChI=1S/C20H17N7/c1-27(2)13-9-12(10-21-11-13)14-7-8-17-18(22-14)19(26-25-17)20-23-15-5-3-4-6-16(15)24-20/h3-11H,1-2H3,(H,23,24)(H,25,26). The van der Waals surface area contributed by atoms with Crippen molar-refractivity contribution in [3.63, 3.8) is 0 Å². The topological polar surface area (TPSA) is 86.4 Å². The van der Waals surface area contributed by atoms with Gasteiger partial charge in [-0.2, -0.15) is 5.10 Å². The molecule has 132 valence electrons. The van der Waals surface area contributed by atoms with Crippen molar-refractivity contribution in [1.82, 2.24) is 30.1 Å². The Kier molecular flexibility index (Phi) is 3.39. The van der Waals surface area contributed by atoms with Crippen LogP contribution >= 0.6 is 0 Å². The molecule has 7 nitrogen and oxygen atoms in total. The molecule has 0 aliphatic heterocycles. The SMILES string of the molecule is CN(C)c1cncc(-c2ccc3[nH]nc(-c4nc5ccccc5[nH]4)c3n2)c1. The van der Waals surface area contributed by atoms with Crippen LogP contribution in [0.25, 0.3) is 44.8 Å². The first-order chi connectivity index (χ1) is 13.2. The number of para-hydroxylation sites is 2. The zero-order valence-electron chi connectivity index (χ0n) is 14.9. The summed E-state index contributed by atoms with van der Waals surface area (Å²) in [6, 6.07) is 13.9. The fourth-order valence-electron chi connectivity index (χ4n) is 3.10. The van der Waals surface area contributed by atoms with Gasteiger partial charge >= 0.3 is 0 Å². The van der Waals surface area contributed by atoms with Gasteiger partial charge in [-0.25, -0.2) is 9.97 Å². The van der Waals surface area contributed by atoms with E-state index < -0.39 is 0 Å². The number of nitrogens with one attached hydrogen (secondary N) is 2. The second kappa shape index (κ2) is 5.91. The van der Waals surface area contributed by atoms with Gasteiger partial charge in [0.2, 0.25) is 0 Å². The third-order valence-electron chi connectivity index (χ3n) is 4.56. The minimum atomic E-state index is 0.701. The quantitative estimate of drug-likeness (QED) is 0.516. The lowest BCUT2D eigenvalue weighted by molar-refractivity contribution is 1.10. The third-order valence-corrected chi connectivity index (χ3v) is 4.56. The van der Waals surface area contributed by atoms with Crippen molar-refractivity contribution >= 4 is 27.8 Å². The van der Waals surface area contributed by atoms with Gasteiger partial charge in [-0.1, -0.05) is 12.1 Å². The van der Waals surface area contributed by atoms with Crippen molar-refractivity contribution in [3.8, 4) is 22.8 Å². The molecule has 4 aromatic heterocycles. The molecule has 2 N–H and O–H groups in total. The van der Waals surface area contributed by atoms with Gasteiger partial charge in [0, 0.05) is 25.9 Å². The summed E-state index contributed by atoms with van der Waals surface area (Å²) in [5, 5.41) is 7.48. The first-order valence-corrected chi connectivity index (χ1v) is 8.62. The number of hydrogen-bond acceptors (Lipinski definition) is 5. The molecule has 1 aromatic carbocycles. The normalized spacial score (nSPS) is 11.3. The zero-order chi connectivity index (χ0) is 18.4. The maximum atomic E-state index is 4.84. The summed E-state index contributed by atoms with van der Waals surface area (Å²) in [7, 11) is 3.99. The number of rotatable bonds is 3. The molecule has 0 spiro atoms. The van der Waals surface area contributed by atoms with Gasteiger partial charge in [-0.05, 0) is 30.3 Å². The number of imidazole rings is 1. The number of aromatic nitrogens is 6. The van der Waals surface area contributed by atoms with Gasteiger partial charge in [-0.15, -0.1) is 0 Å². The van der Waals surface area contributed by atoms with Crippen molar-refractivity contribution in [2.45, 2.75) is 0 Å². The van der Waals surface area contributed by atoms with Crippen LogP contribution in [0.5, 0.6) is 0 Å². The Labute approximate surface area is 155 Å². The third kappa shape index (κ3) is 2.60. The van der Waals surface area contributed by atoms with Gasteiger partial charge < -0.3 is 9.88 Å². The lowest BCUT2D eigenvalue weighted by Gasteiger charge is -2.12. The second-order valence-electron chi connectivity index (χ2n) is 6.59. The minimum absolute atomic E-state index is 0.701. The Bertz CT molecular complexity index is 1230. The van der Waals surface area contributed by atoms with E-state index in [1.807, 2.05) is 67.8 Å². The molecule has 0 bridgehead atoms. The van der Waals surface area contributed by atoms with Gasteiger partial charge in [0.05, 0.1) is 34.1 Å². The van der Waals surface area contributed by atoms with E-state index in [-0.39, 0.29) is 0 Å². The molecule has 0 atom stereocenters. The van der Waals surface area contributed by atoms with E-state index in [4.69, 9.17) is 4.98 Å². The predicted molar refractivity (Wildman–Crippen MR) is 107 cm³/mol. The van der Waals surface area contributed by atoms with E-state index in [9.17, 15) is 0 Å². The molecule has 7 heteroatoms. The fraction of sp³-hybridized carbons (Fsp3) is 0.100. The van der Waals surface area contributed by atoms with Crippen molar-refractivity contribution in [2.24, 2.45) is 0 Å². The molecule has 0 amide bonds. The number of benzene rings is 1. The first-order valence-electron chi connectivity index (χ1n) is 8.62.